The minimum absolute atomic E-state index is 0.0413. The van der Waals surface area contributed by atoms with E-state index in [1.165, 1.54) is 43.3 Å². The minimum atomic E-state index is -0.0472. The number of nitrogens with zero attached hydrogens (tertiary/aromatic N) is 2. The summed E-state index contributed by atoms with van der Waals surface area (Å²) >= 11 is 0. The van der Waals surface area contributed by atoms with Crippen LogP contribution >= 0.6 is 0 Å². The maximum absolute atomic E-state index is 9.82. The van der Waals surface area contributed by atoms with Crippen LogP contribution in [-0.2, 0) is 4.74 Å². The Morgan fingerprint density at radius 3 is 2.73 bits per heavy atom. The number of H-pyrrole nitrogens is 1. The standard InChI is InChI=1S/C28H39N3O2/c1-5-6-7-8-9-10-16-33-20(2)13-14-24-21(3)26(30-22(24)4)18-27-23(19-32)17-28(31-27)25-12-11-15-29-25/h11-12,15,17-18,26,29,32H,2,5-10,13-14,16,19H2,1,3-4H3/b27-18-. The highest BCUT2D eigenvalue weighted by molar-refractivity contribution is 6.11. The van der Waals surface area contributed by atoms with E-state index < -0.39 is 0 Å². The van der Waals surface area contributed by atoms with E-state index in [4.69, 9.17) is 14.7 Å². The fourth-order valence-electron chi connectivity index (χ4n) is 4.34. The van der Waals surface area contributed by atoms with E-state index in [0.717, 1.165) is 60.0 Å². The van der Waals surface area contributed by atoms with Crippen LogP contribution in [0.4, 0.5) is 0 Å². The van der Waals surface area contributed by atoms with Gasteiger partial charge in [0.1, 0.15) is 0 Å². The van der Waals surface area contributed by atoms with Gasteiger partial charge in [0.2, 0.25) is 0 Å². The average Bonchev–Trinajstić information content (AvgIpc) is 3.52. The Labute approximate surface area is 198 Å². The van der Waals surface area contributed by atoms with Gasteiger partial charge in [-0.05, 0) is 62.1 Å². The largest absolute Gasteiger partial charge is 0.499 e. The molecule has 0 aromatic carbocycles. The van der Waals surface area contributed by atoms with Gasteiger partial charge < -0.3 is 14.8 Å². The predicted molar refractivity (Wildman–Crippen MR) is 138 cm³/mol. The van der Waals surface area contributed by atoms with E-state index in [1.807, 2.05) is 24.4 Å². The lowest BCUT2D eigenvalue weighted by molar-refractivity contribution is 0.197. The molecule has 0 saturated heterocycles. The van der Waals surface area contributed by atoms with Gasteiger partial charge in [0, 0.05) is 23.9 Å². The van der Waals surface area contributed by atoms with E-state index in [0.29, 0.717) is 0 Å². The molecule has 33 heavy (non-hydrogen) atoms. The van der Waals surface area contributed by atoms with Crippen molar-refractivity contribution in [2.75, 3.05) is 13.2 Å². The minimum Gasteiger partial charge on any atom is -0.499 e. The molecule has 3 rings (SSSR count). The molecule has 0 saturated carbocycles. The summed E-state index contributed by atoms with van der Waals surface area (Å²) in [4.78, 5) is 12.8. The van der Waals surface area contributed by atoms with Crippen molar-refractivity contribution in [2.24, 2.45) is 9.98 Å². The summed E-state index contributed by atoms with van der Waals surface area (Å²) in [6.45, 7) is 11.3. The highest BCUT2D eigenvalue weighted by atomic mass is 16.5. The molecule has 0 fully saturated rings. The number of aromatic nitrogens is 1. The van der Waals surface area contributed by atoms with Crippen molar-refractivity contribution < 1.29 is 9.84 Å². The summed E-state index contributed by atoms with van der Waals surface area (Å²) in [7, 11) is 0. The molecule has 0 amide bonds. The van der Waals surface area contributed by atoms with Crippen LogP contribution < -0.4 is 0 Å². The molecule has 1 aromatic rings. The third kappa shape index (κ3) is 6.91. The van der Waals surface area contributed by atoms with Gasteiger partial charge in [0.15, 0.2) is 0 Å². The topological polar surface area (TPSA) is 70.0 Å². The number of rotatable bonds is 14. The molecule has 1 atom stereocenters. The third-order valence-electron chi connectivity index (χ3n) is 6.39. The van der Waals surface area contributed by atoms with Gasteiger partial charge in [-0.2, -0.15) is 0 Å². The molecule has 5 heteroatoms. The van der Waals surface area contributed by atoms with Crippen LogP contribution in [0.15, 0.2) is 75.2 Å². The first-order valence-corrected chi connectivity index (χ1v) is 12.3. The lowest BCUT2D eigenvalue weighted by atomic mass is 9.98. The number of hydrogen-bond donors (Lipinski definition) is 2. The number of aromatic amines is 1. The second kappa shape index (κ2) is 12.5. The number of ether oxygens (including phenoxy) is 1. The molecule has 1 aromatic heterocycles. The molecule has 0 bridgehead atoms. The predicted octanol–water partition coefficient (Wildman–Crippen LogP) is 6.45. The van der Waals surface area contributed by atoms with Crippen molar-refractivity contribution in [1.29, 1.82) is 0 Å². The lowest BCUT2D eigenvalue weighted by Crippen LogP contribution is -2.02. The Balaban J connectivity index is 1.54. The van der Waals surface area contributed by atoms with Gasteiger partial charge in [0.05, 0.1) is 42.1 Å². The molecule has 2 N–H and O–H groups in total. The van der Waals surface area contributed by atoms with Crippen molar-refractivity contribution in [3.63, 3.8) is 0 Å². The maximum atomic E-state index is 9.82. The second-order valence-electron chi connectivity index (χ2n) is 8.94. The zero-order valence-corrected chi connectivity index (χ0v) is 20.5. The van der Waals surface area contributed by atoms with Gasteiger partial charge in [-0.3, -0.25) is 4.99 Å². The van der Waals surface area contributed by atoms with Crippen molar-refractivity contribution in [1.82, 2.24) is 4.98 Å². The SMILES string of the molecule is C=C(CCC1=C(C)C(/C=C2\N=C(c3ccc[nH]3)C=C2CO)N=C1C)OCCCCCCCC. The van der Waals surface area contributed by atoms with Crippen LogP contribution in [0.1, 0.15) is 77.8 Å². The van der Waals surface area contributed by atoms with Crippen molar-refractivity contribution in [2.45, 2.75) is 78.2 Å². The first-order valence-electron chi connectivity index (χ1n) is 12.3. The number of hydrogen-bond acceptors (Lipinski definition) is 4. The molecule has 2 aliphatic heterocycles. The molecular formula is C28H39N3O2. The van der Waals surface area contributed by atoms with Crippen LogP contribution in [-0.4, -0.2) is 40.8 Å². The molecule has 178 valence electrons. The van der Waals surface area contributed by atoms with Gasteiger partial charge in [0.25, 0.3) is 0 Å². The second-order valence-corrected chi connectivity index (χ2v) is 8.94. The Kier molecular flexibility index (Phi) is 9.49. The average molecular weight is 450 g/mol. The summed E-state index contributed by atoms with van der Waals surface area (Å²) in [6, 6.07) is 3.88. The summed E-state index contributed by atoms with van der Waals surface area (Å²) in [5.41, 5.74) is 7.00. The Hall–Kier alpha value is -2.66. The first-order chi connectivity index (χ1) is 16.0. The van der Waals surface area contributed by atoms with Crippen LogP contribution in [0.2, 0.25) is 0 Å². The number of aliphatic hydroxyl groups excluding tert-OH is 1. The van der Waals surface area contributed by atoms with E-state index in [9.17, 15) is 5.11 Å². The highest BCUT2D eigenvalue weighted by Gasteiger charge is 2.24. The Morgan fingerprint density at radius 1 is 1.21 bits per heavy atom. The van der Waals surface area contributed by atoms with Gasteiger partial charge in [-0.25, -0.2) is 4.99 Å². The van der Waals surface area contributed by atoms with Crippen LogP contribution in [0, 0.1) is 0 Å². The number of aliphatic hydroxyl groups is 1. The molecule has 0 aliphatic carbocycles. The monoisotopic (exact) mass is 449 g/mol. The van der Waals surface area contributed by atoms with E-state index in [1.54, 1.807) is 0 Å². The van der Waals surface area contributed by atoms with Crippen LogP contribution in [0.3, 0.4) is 0 Å². The maximum Gasteiger partial charge on any atom is 0.0920 e. The van der Waals surface area contributed by atoms with Crippen LogP contribution in [0.5, 0.6) is 0 Å². The molecule has 0 radical (unpaired) electrons. The highest BCUT2D eigenvalue weighted by Crippen LogP contribution is 2.30. The van der Waals surface area contributed by atoms with E-state index in [-0.39, 0.29) is 12.6 Å². The van der Waals surface area contributed by atoms with Crippen molar-refractivity contribution in [3.05, 3.63) is 70.9 Å². The normalized spacial score (nSPS) is 19.2. The number of aliphatic imine (C=N–C) groups is 2. The molecule has 2 aliphatic rings. The first kappa shape index (κ1) is 25.0. The fraction of sp³-hybridized carbons (Fsp3) is 0.500. The zero-order chi connectivity index (χ0) is 23.6. The van der Waals surface area contributed by atoms with Crippen molar-refractivity contribution >= 4 is 11.4 Å². The summed E-state index contributed by atoms with van der Waals surface area (Å²) in [6.07, 6.45) is 15.2. The molecule has 5 nitrogen and oxygen atoms in total. The lowest BCUT2D eigenvalue weighted by Gasteiger charge is -2.11. The van der Waals surface area contributed by atoms with Crippen LogP contribution in [0.25, 0.3) is 0 Å². The number of nitrogens with one attached hydrogen (secondary N) is 1. The fourth-order valence-corrected chi connectivity index (χ4v) is 4.34. The third-order valence-corrected chi connectivity index (χ3v) is 6.39. The van der Waals surface area contributed by atoms with E-state index >= 15 is 0 Å². The number of allylic oxidation sites excluding steroid dienone is 3. The smallest absolute Gasteiger partial charge is 0.0920 e. The number of unbranched alkanes of at least 4 members (excludes halogenated alkanes) is 5. The summed E-state index contributed by atoms with van der Waals surface area (Å²) < 4.78 is 5.86. The van der Waals surface area contributed by atoms with Gasteiger partial charge in [-0.15, -0.1) is 0 Å². The Bertz CT molecular complexity index is 961. The summed E-state index contributed by atoms with van der Waals surface area (Å²) in [5.74, 6) is 0.861. The molecule has 3 heterocycles. The summed E-state index contributed by atoms with van der Waals surface area (Å²) in [5, 5.41) is 9.82. The Morgan fingerprint density at radius 2 is 2.00 bits per heavy atom. The molecule has 1 unspecified atom stereocenters. The van der Waals surface area contributed by atoms with E-state index in [2.05, 4.69) is 38.4 Å². The quantitative estimate of drug-likeness (QED) is 0.253. The van der Waals surface area contributed by atoms with Gasteiger partial charge >= 0.3 is 0 Å². The van der Waals surface area contributed by atoms with Gasteiger partial charge in [-0.1, -0.05) is 45.6 Å². The molecular weight excluding hydrogens is 410 g/mol. The molecule has 0 spiro atoms. The zero-order valence-electron chi connectivity index (χ0n) is 20.5. The van der Waals surface area contributed by atoms with Crippen molar-refractivity contribution in [3.8, 4) is 0 Å².